The molecule has 0 atom stereocenters. The normalized spacial score (nSPS) is 11.1. The van der Waals surface area contributed by atoms with E-state index in [0.717, 1.165) is 0 Å². The fourth-order valence-electron chi connectivity index (χ4n) is 2.27. The van der Waals surface area contributed by atoms with Crippen LogP contribution in [0.5, 0.6) is 0 Å². The zero-order valence-corrected chi connectivity index (χ0v) is 11.0. The summed E-state index contributed by atoms with van der Waals surface area (Å²) in [6.45, 7) is 0. The van der Waals surface area contributed by atoms with Gasteiger partial charge in [0, 0.05) is 11.9 Å². The third kappa shape index (κ3) is 1.84. The first-order valence-electron chi connectivity index (χ1n) is 6.39. The van der Waals surface area contributed by atoms with Crippen LogP contribution in [-0.2, 0) is 0 Å². The molecular formula is C13H9N7O2. The minimum atomic E-state index is -0.410. The molecule has 0 bridgehead atoms. The molecule has 3 heterocycles. The molecule has 0 aliphatic heterocycles. The number of benzene rings is 1. The lowest BCUT2D eigenvalue weighted by Gasteiger charge is -2.03. The SMILES string of the molecule is O=C(Nc1ccc2n[nH]nc2c1)c1c[nH]c2nc[nH]c(=O)c12. The third-order valence-electron chi connectivity index (χ3n) is 3.29. The van der Waals surface area contributed by atoms with Gasteiger partial charge in [-0.3, -0.25) is 9.59 Å². The Morgan fingerprint density at radius 3 is 2.91 bits per heavy atom. The molecule has 0 spiro atoms. The Morgan fingerprint density at radius 2 is 2.00 bits per heavy atom. The molecule has 0 fully saturated rings. The largest absolute Gasteiger partial charge is 0.345 e. The van der Waals surface area contributed by atoms with Crippen molar-refractivity contribution in [3.8, 4) is 0 Å². The average Bonchev–Trinajstić information content (AvgIpc) is 3.13. The van der Waals surface area contributed by atoms with Crippen molar-refractivity contribution in [1.82, 2.24) is 30.4 Å². The summed E-state index contributed by atoms with van der Waals surface area (Å²) in [5, 5.41) is 13.3. The summed E-state index contributed by atoms with van der Waals surface area (Å²) >= 11 is 0. The first-order valence-corrected chi connectivity index (χ1v) is 6.39. The van der Waals surface area contributed by atoms with E-state index < -0.39 is 5.91 Å². The number of aromatic amines is 3. The summed E-state index contributed by atoms with van der Waals surface area (Å²) in [4.78, 5) is 33.4. The minimum absolute atomic E-state index is 0.225. The van der Waals surface area contributed by atoms with E-state index in [-0.39, 0.29) is 16.5 Å². The molecule has 9 heteroatoms. The number of amides is 1. The molecule has 4 rings (SSSR count). The Balaban J connectivity index is 1.72. The van der Waals surface area contributed by atoms with E-state index in [9.17, 15) is 9.59 Å². The van der Waals surface area contributed by atoms with Crippen LogP contribution in [0.25, 0.3) is 22.1 Å². The summed E-state index contributed by atoms with van der Waals surface area (Å²) in [5.41, 5.74) is 2.11. The van der Waals surface area contributed by atoms with E-state index in [1.165, 1.54) is 12.5 Å². The first-order chi connectivity index (χ1) is 10.7. The third-order valence-corrected chi connectivity index (χ3v) is 3.29. The topological polar surface area (TPSA) is 132 Å². The van der Waals surface area contributed by atoms with Gasteiger partial charge in [-0.2, -0.15) is 15.4 Å². The molecule has 0 radical (unpaired) electrons. The van der Waals surface area contributed by atoms with Gasteiger partial charge in [-0.25, -0.2) is 4.98 Å². The first kappa shape index (κ1) is 12.3. The number of carbonyl (C=O) groups is 1. The van der Waals surface area contributed by atoms with Gasteiger partial charge in [-0.05, 0) is 18.2 Å². The van der Waals surface area contributed by atoms with E-state index in [2.05, 4.69) is 35.7 Å². The maximum Gasteiger partial charge on any atom is 0.261 e. The molecule has 4 aromatic rings. The van der Waals surface area contributed by atoms with Gasteiger partial charge in [0.1, 0.15) is 16.7 Å². The van der Waals surface area contributed by atoms with Crippen molar-refractivity contribution in [1.29, 1.82) is 0 Å². The van der Waals surface area contributed by atoms with Crippen LogP contribution < -0.4 is 10.9 Å². The van der Waals surface area contributed by atoms with E-state index in [1.54, 1.807) is 18.2 Å². The van der Waals surface area contributed by atoms with Crippen LogP contribution in [0.1, 0.15) is 10.4 Å². The average molecular weight is 295 g/mol. The van der Waals surface area contributed by atoms with Gasteiger partial charge in [-0.1, -0.05) is 0 Å². The monoisotopic (exact) mass is 295 g/mol. The molecule has 1 amide bonds. The number of carbonyl (C=O) groups excluding carboxylic acids is 1. The van der Waals surface area contributed by atoms with Gasteiger partial charge < -0.3 is 15.3 Å². The molecule has 0 aliphatic carbocycles. The zero-order chi connectivity index (χ0) is 15.1. The highest BCUT2D eigenvalue weighted by molar-refractivity contribution is 6.12. The second-order valence-electron chi connectivity index (χ2n) is 4.64. The number of anilines is 1. The molecule has 0 saturated heterocycles. The second-order valence-corrected chi connectivity index (χ2v) is 4.64. The van der Waals surface area contributed by atoms with Crippen molar-refractivity contribution >= 4 is 33.7 Å². The maximum atomic E-state index is 12.4. The van der Waals surface area contributed by atoms with Crippen molar-refractivity contribution < 1.29 is 4.79 Å². The Morgan fingerprint density at radius 1 is 1.14 bits per heavy atom. The molecule has 0 saturated carbocycles. The second kappa shape index (κ2) is 4.52. The fraction of sp³-hybridized carbons (Fsp3) is 0. The van der Waals surface area contributed by atoms with E-state index >= 15 is 0 Å². The number of hydrogen-bond donors (Lipinski definition) is 4. The molecule has 0 unspecified atom stereocenters. The molecule has 22 heavy (non-hydrogen) atoms. The number of aromatic nitrogens is 6. The van der Waals surface area contributed by atoms with Crippen LogP contribution in [-0.4, -0.2) is 36.3 Å². The van der Waals surface area contributed by atoms with Crippen LogP contribution >= 0.6 is 0 Å². The van der Waals surface area contributed by atoms with Gasteiger partial charge in [0.05, 0.1) is 17.3 Å². The smallest absolute Gasteiger partial charge is 0.261 e. The minimum Gasteiger partial charge on any atom is -0.345 e. The van der Waals surface area contributed by atoms with Gasteiger partial charge >= 0.3 is 0 Å². The zero-order valence-electron chi connectivity index (χ0n) is 11.0. The molecule has 4 N–H and O–H groups in total. The lowest BCUT2D eigenvalue weighted by atomic mass is 10.2. The quantitative estimate of drug-likeness (QED) is 0.433. The molecule has 9 nitrogen and oxygen atoms in total. The number of H-pyrrole nitrogens is 3. The van der Waals surface area contributed by atoms with Crippen molar-refractivity contribution in [3.63, 3.8) is 0 Å². The Kier molecular flexibility index (Phi) is 2.52. The summed E-state index contributed by atoms with van der Waals surface area (Å²) in [6, 6.07) is 5.13. The molecular weight excluding hydrogens is 286 g/mol. The van der Waals surface area contributed by atoms with Gasteiger partial charge in [0.2, 0.25) is 0 Å². The van der Waals surface area contributed by atoms with Crippen molar-refractivity contribution in [2.24, 2.45) is 0 Å². The van der Waals surface area contributed by atoms with E-state index in [4.69, 9.17) is 0 Å². The number of hydrogen-bond acceptors (Lipinski definition) is 5. The Labute approximate surface area is 121 Å². The number of fused-ring (bicyclic) bond motifs is 2. The van der Waals surface area contributed by atoms with E-state index in [0.29, 0.717) is 22.4 Å². The van der Waals surface area contributed by atoms with Gasteiger partial charge in [0.15, 0.2) is 0 Å². The van der Waals surface area contributed by atoms with Gasteiger partial charge in [0.25, 0.3) is 11.5 Å². The highest BCUT2D eigenvalue weighted by Gasteiger charge is 2.16. The number of rotatable bonds is 2. The van der Waals surface area contributed by atoms with Crippen molar-refractivity contribution in [3.05, 3.63) is 46.6 Å². The predicted molar refractivity (Wildman–Crippen MR) is 78.6 cm³/mol. The summed E-state index contributed by atoms with van der Waals surface area (Å²) in [7, 11) is 0. The van der Waals surface area contributed by atoms with Crippen LogP contribution in [0, 0.1) is 0 Å². The molecule has 0 aliphatic rings. The molecule has 1 aromatic carbocycles. The Hall–Kier alpha value is -3.49. The molecule has 108 valence electrons. The van der Waals surface area contributed by atoms with Crippen LogP contribution in [0.2, 0.25) is 0 Å². The lowest BCUT2D eigenvalue weighted by Crippen LogP contribution is -2.15. The highest BCUT2D eigenvalue weighted by atomic mass is 16.2. The summed E-state index contributed by atoms with van der Waals surface area (Å²) in [5.74, 6) is -0.410. The molecule has 3 aromatic heterocycles. The van der Waals surface area contributed by atoms with Crippen LogP contribution in [0.4, 0.5) is 5.69 Å². The van der Waals surface area contributed by atoms with Crippen molar-refractivity contribution in [2.75, 3.05) is 5.32 Å². The van der Waals surface area contributed by atoms with Gasteiger partial charge in [-0.15, -0.1) is 0 Å². The maximum absolute atomic E-state index is 12.4. The predicted octanol–water partition coefficient (Wildman–Crippen LogP) is 0.775. The highest BCUT2D eigenvalue weighted by Crippen LogP contribution is 2.17. The number of nitrogens with one attached hydrogen (secondary N) is 4. The van der Waals surface area contributed by atoms with Crippen molar-refractivity contribution in [2.45, 2.75) is 0 Å². The summed E-state index contributed by atoms with van der Waals surface area (Å²) in [6.07, 6.45) is 2.73. The van der Waals surface area contributed by atoms with E-state index in [1.807, 2.05) is 0 Å². The standard InChI is InChI=1S/C13H9N7O2/c21-12(7-4-14-11-10(7)13(22)16-5-15-11)17-6-1-2-8-9(3-6)19-20-18-8/h1-5H,(H,17,21)(H,18,19,20)(H2,14,15,16,22). The van der Waals surface area contributed by atoms with Crippen LogP contribution in [0.3, 0.4) is 0 Å². The number of nitrogens with zero attached hydrogens (tertiary/aromatic N) is 3. The van der Waals surface area contributed by atoms with Crippen LogP contribution in [0.15, 0.2) is 35.5 Å². The lowest BCUT2D eigenvalue weighted by molar-refractivity contribution is 0.102. The fourth-order valence-corrected chi connectivity index (χ4v) is 2.27. The Bertz CT molecular complexity index is 1060. The summed E-state index contributed by atoms with van der Waals surface area (Å²) < 4.78 is 0.